The van der Waals surface area contributed by atoms with Crippen LogP contribution in [0.25, 0.3) is 0 Å². The van der Waals surface area contributed by atoms with Crippen molar-refractivity contribution in [1.82, 2.24) is 0 Å². The van der Waals surface area contributed by atoms with Crippen molar-refractivity contribution in [2.75, 3.05) is 0 Å². The molecule has 1 nitrogen and oxygen atoms in total. The first-order chi connectivity index (χ1) is 6.35. The number of hydrogen-bond donors (Lipinski definition) is 0. The Morgan fingerprint density at radius 2 is 2.15 bits per heavy atom. The Morgan fingerprint density at radius 3 is 2.69 bits per heavy atom. The molecule has 0 spiro atoms. The van der Waals surface area contributed by atoms with Gasteiger partial charge in [0.15, 0.2) is 0 Å². The molecular weight excluding hydrogens is 767 g/mol. The SMILES string of the molecule is [I][Hg][CH2]C1OC2CCC1C[CH]2[Hg][I]. The fourth-order valence-electron chi connectivity index (χ4n) is 2.70. The van der Waals surface area contributed by atoms with Crippen LogP contribution in [-0.4, -0.2) is 12.2 Å². The van der Waals surface area contributed by atoms with Gasteiger partial charge in [0.1, 0.15) is 0 Å². The second-order valence-corrected chi connectivity index (χ2v) is 30.4. The van der Waals surface area contributed by atoms with Gasteiger partial charge in [-0.2, -0.15) is 0 Å². The van der Waals surface area contributed by atoms with Crippen LogP contribution in [0.5, 0.6) is 0 Å². The number of ether oxygens (including phenoxy) is 1. The normalized spacial score (nSPS) is 42.6. The topological polar surface area (TPSA) is 9.23 Å². The molecule has 0 aromatic heterocycles. The first-order valence-electron chi connectivity index (χ1n) is 5.12. The molecule has 2 saturated heterocycles. The van der Waals surface area contributed by atoms with Crippen molar-refractivity contribution in [2.45, 2.75) is 38.8 Å². The third-order valence-electron chi connectivity index (χ3n) is 3.42. The minimum atomic E-state index is -0.520. The van der Waals surface area contributed by atoms with Crippen molar-refractivity contribution in [3.05, 3.63) is 0 Å². The van der Waals surface area contributed by atoms with Gasteiger partial charge in [0.2, 0.25) is 0 Å². The maximum absolute atomic E-state index is 6.23. The summed E-state index contributed by atoms with van der Waals surface area (Å²) in [6.45, 7) is 0. The third-order valence-corrected chi connectivity index (χ3v) is 26.8. The number of hydrogen-bond acceptors (Lipinski definition) is 1. The van der Waals surface area contributed by atoms with E-state index in [0.29, 0.717) is 0 Å². The zero-order chi connectivity index (χ0) is 9.26. The van der Waals surface area contributed by atoms with E-state index in [2.05, 4.69) is 35.3 Å². The summed E-state index contributed by atoms with van der Waals surface area (Å²) in [5.41, 5.74) is 0. The standard InChI is InChI=1S/C8H12O.2Hg.2HI/c1-6-7-2-4-8(9-6)5-3-7;;;;/h4,6-8H,1-3,5H2;;;2*1H/q;2*+1;;/p-2. The monoisotopic (exact) mass is 782 g/mol. The van der Waals surface area contributed by atoms with Crippen LogP contribution < -0.4 is 0 Å². The van der Waals surface area contributed by atoms with E-state index < -0.39 is 40.5 Å². The van der Waals surface area contributed by atoms with E-state index in [-0.39, 0.29) is 0 Å². The molecule has 0 radical (unpaired) electrons. The van der Waals surface area contributed by atoms with E-state index in [0.717, 1.165) is 21.6 Å². The second-order valence-electron chi connectivity index (χ2n) is 4.18. The zero-order valence-corrected chi connectivity index (χ0v) is 23.0. The van der Waals surface area contributed by atoms with E-state index in [1.54, 1.807) is 6.42 Å². The van der Waals surface area contributed by atoms with E-state index in [4.69, 9.17) is 4.74 Å². The molecule has 13 heavy (non-hydrogen) atoms. The molecule has 0 amide bonds. The molecule has 4 atom stereocenters. The van der Waals surface area contributed by atoms with Crippen LogP contribution in [0.15, 0.2) is 0 Å². The predicted octanol–water partition coefficient (Wildman–Crippen LogP) is 3.63. The minimum absolute atomic E-state index is 0.463. The van der Waals surface area contributed by atoms with Gasteiger partial charge in [0, 0.05) is 0 Å². The van der Waals surface area contributed by atoms with Crippen LogP contribution in [-0.2, 0) is 45.2 Å². The fraction of sp³-hybridized carbons (Fsp3) is 1.00. The van der Waals surface area contributed by atoms with Crippen molar-refractivity contribution >= 4 is 35.3 Å². The van der Waals surface area contributed by atoms with Gasteiger partial charge in [-0.25, -0.2) is 0 Å². The van der Waals surface area contributed by atoms with Gasteiger partial charge < -0.3 is 0 Å². The molecule has 0 aromatic rings. The van der Waals surface area contributed by atoms with Crippen molar-refractivity contribution in [3.63, 3.8) is 0 Å². The molecule has 5 heteroatoms. The molecule has 2 heterocycles. The molecule has 0 N–H and O–H groups in total. The number of rotatable bonds is 3. The van der Waals surface area contributed by atoms with Gasteiger partial charge in [0.25, 0.3) is 0 Å². The Balaban J connectivity index is 1.95. The summed E-state index contributed by atoms with van der Waals surface area (Å²) in [5, 5.41) is 0. The van der Waals surface area contributed by atoms with E-state index in [1.165, 1.54) is 16.8 Å². The second kappa shape index (κ2) is 6.28. The van der Waals surface area contributed by atoms with Crippen LogP contribution >= 0.6 is 35.3 Å². The van der Waals surface area contributed by atoms with Crippen molar-refractivity contribution in [3.8, 4) is 0 Å². The van der Waals surface area contributed by atoms with Crippen LogP contribution in [0.2, 0.25) is 7.36 Å². The van der Waals surface area contributed by atoms with Crippen LogP contribution in [0.1, 0.15) is 19.3 Å². The Morgan fingerprint density at radius 1 is 1.31 bits per heavy atom. The molecule has 68 valence electrons. The molecule has 1 saturated carbocycles. The van der Waals surface area contributed by atoms with Crippen LogP contribution in [0.3, 0.4) is 0 Å². The maximum atomic E-state index is 6.23. The first-order valence-corrected chi connectivity index (χ1v) is 43.1. The van der Waals surface area contributed by atoms with Gasteiger partial charge in [0.05, 0.1) is 0 Å². The zero-order valence-electron chi connectivity index (χ0n) is 7.72. The Hall–Kier alpha value is 3.29. The fourth-order valence-corrected chi connectivity index (χ4v) is 23.7. The molecule has 1 aliphatic carbocycles. The summed E-state index contributed by atoms with van der Waals surface area (Å²) >= 11 is 4.47. The molecule has 3 aliphatic rings. The molecule has 2 aliphatic heterocycles. The van der Waals surface area contributed by atoms with Crippen LogP contribution in [0.4, 0.5) is 0 Å². The Bertz CT molecular complexity index is 180. The molecular formula is C8H12Hg2I2O. The average Bonchev–Trinajstić information content (AvgIpc) is 2.19. The van der Waals surface area contributed by atoms with Gasteiger partial charge in [-0.1, -0.05) is 0 Å². The van der Waals surface area contributed by atoms with Crippen molar-refractivity contribution in [1.29, 1.82) is 0 Å². The summed E-state index contributed by atoms with van der Waals surface area (Å²) in [4.78, 5) is 0. The summed E-state index contributed by atoms with van der Waals surface area (Å²) in [6, 6.07) is 0. The molecule has 4 unspecified atom stereocenters. The van der Waals surface area contributed by atoms with E-state index in [1.807, 2.05) is 0 Å². The molecule has 0 aromatic carbocycles. The van der Waals surface area contributed by atoms with E-state index >= 15 is 0 Å². The Kier molecular flexibility index (Phi) is 6.16. The van der Waals surface area contributed by atoms with Gasteiger partial charge in [-0.05, 0) is 0 Å². The first kappa shape index (κ1) is 12.7. The molecule has 3 fully saturated rings. The Labute approximate surface area is 122 Å². The molecule has 2 bridgehead atoms. The van der Waals surface area contributed by atoms with Gasteiger partial charge in [-0.15, -0.1) is 0 Å². The average molecular weight is 779 g/mol. The predicted molar refractivity (Wildman–Crippen MR) is 62.6 cm³/mol. The third kappa shape index (κ3) is 3.15. The number of halogens is 2. The van der Waals surface area contributed by atoms with Crippen molar-refractivity contribution < 1.29 is 45.2 Å². The van der Waals surface area contributed by atoms with Gasteiger partial charge in [-0.3, -0.25) is 0 Å². The van der Waals surface area contributed by atoms with Gasteiger partial charge >= 0.3 is 125 Å². The van der Waals surface area contributed by atoms with Crippen molar-refractivity contribution in [2.24, 2.45) is 5.92 Å². The van der Waals surface area contributed by atoms with Crippen LogP contribution in [0, 0.1) is 5.92 Å². The number of fused-ring (bicyclic) bond motifs is 3. The molecule has 3 rings (SSSR count). The van der Waals surface area contributed by atoms with E-state index in [9.17, 15) is 0 Å². The quantitative estimate of drug-likeness (QED) is 0.315. The summed E-state index contributed by atoms with van der Waals surface area (Å²) in [7, 11) is 0. The summed E-state index contributed by atoms with van der Waals surface area (Å²) in [5.74, 6) is 1.000. The summed E-state index contributed by atoms with van der Waals surface area (Å²) in [6.07, 6.45) is 5.97. The summed E-state index contributed by atoms with van der Waals surface area (Å²) < 4.78 is 8.86.